The molecule has 0 radical (unpaired) electrons. The van der Waals surface area contributed by atoms with Crippen LogP contribution in [0.3, 0.4) is 0 Å². The van der Waals surface area contributed by atoms with E-state index in [0.717, 1.165) is 27.5 Å². The van der Waals surface area contributed by atoms with Gasteiger partial charge in [0.2, 0.25) is 0 Å². The molecule has 4 heteroatoms. The SMILES string of the molecule is c1ccc(-c2cccnc2-c2ccc(-c3cccc(-c4ccc5c(c4)c4cc6c7ccccc7n(-c7ccccc7)c6cc4n5-c4ccccc4)c3)s2)cc1. The first-order valence-corrected chi connectivity index (χ1v) is 19.4. The highest BCUT2D eigenvalue weighted by Gasteiger charge is 2.19. The van der Waals surface area contributed by atoms with Gasteiger partial charge in [-0.05, 0) is 101 Å². The maximum atomic E-state index is 4.83. The third kappa shape index (κ3) is 5.22. The first-order chi connectivity index (χ1) is 27.3. The summed E-state index contributed by atoms with van der Waals surface area (Å²) in [6.45, 7) is 0. The Kier molecular flexibility index (Phi) is 7.35. The van der Waals surface area contributed by atoms with Gasteiger partial charge in [0.1, 0.15) is 0 Å². The van der Waals surface area contributed by atoms with Crippen LogP contribution in [0.4, 0.5) is 0 Å². The molecular weight excluding hydrogens is 687 g/mol. The average molecular weight is 720 g/mol. The molecule has 4 aromatic heterocycles. The van der Waals surface area contributed by atoms with Crippen molar-refractivity contribution >= 4 is 54.9 Å². The van der Waals surface area contributed by atoms with Crippen LogP contribution in [0, 0.1) is 0 Å². The van der Waals surface area contributed by atoms with E-state index in [2.05, 4.69) is 197 Å². The smallest absolute Gasteiger partial charge is 0.0880 e. The van der Waals surface area contributed by atoms with E-state index in [1.165, 1.54) is 70.7 Å². The van der Waals surface area contributed by atoms with Gasteiger partial charge in [-0.2, -0.15) is 0 Å². The number of para-hydroxylation sites is 3. The lowest BCUT2D eigenvalue weighted by atomic mass is 10.00. The molecule has 258 valence electrons. The molecule has 0 bridgehead atoms. The summed E-state index contributed by atoms with van der Waals surface area (Å²) in [6.07, 6.45) is 1.89. The van der Waals surface area contributed by atoms with Crippen molar-refractivity contribution in [2.24, 2.45) is 0 Å². The van der Waals surface area contributed by atoms with Crippen molar-refractivity contribution < 1.29 is 0 Å². The Hall–Kier alpha value is -7.01. The van der Waals surface area contributed by atoms with Crippen molar-refractivity contribution in [2.45, 2.75) is 0 Å². The van der Waals surface area contributed by atoms with E-state index >= 15 is 0 Å². The fourth-order valence-electron chi connectivity index (χ4n) is 8.30. The predicted octanol–water partition coefficient (Wildman–Crippen LogP) is 14.0. The minimum atomic E-state index is 1.02. The van der Waals surface area contributed by atoms with E-state index in [1.54, 1.807) is 11.3 Å². The number of nitrogens with zero attached hydrogens (tertiary/aromatic N) is 3. The maximum absolute atomic E-state index is 4.83. The summed E-state index contributed by atoms with van der Waals surface area (Å²) in [4.78, 5) is 7.22. The van der Waals surface area contributed by atoms with Crippen LogP contribution in [0.5, 0.6) is 0 Å². The third-order valence-electron chi connectivity index (χ3n) is 10.8. The number of hydrogen-bond acceptors (Lipinski definition) is 2. The second-order valence-corrected chi connectivity index (χ2v) is 15.1. The molecule has 3 nitrogen and oxygen atoms in total. The number of pyridine rings is 1. The third-order valence-corrected chi connectivity index (χ3v) is 11.9. The summed E-state index contributed by atoms with van der Waals surface area (Å²) in [7, 11) is 0. The second-order valence-electron chi connectivity index (χ2n) is 14.0. The fourth-order valence-corrected chi connectivity index (χ4v) is 9.31. The molecule has 0 saturated heterocycles. The van der Waals surface area contributed by atoms with Crippen LogP contribution in [0.2, 0.25) is 0 Å². The summed E-state index contributed by atoms with van der Waals surface area (Å²) in [6, 6.07) is 70.1. The van der Waals surface area contributed by atoms with Gasteiger partial charge >= 0.3 is 0 Å². The van der Waals surface area contributed by atoms with Crippen LogP contribution < -0.4 is 0 Å². The highest BCUT2D eigenvalue weighted by Crippen LogP contribution is 2.42. The van der Waals surface area contributed by atoms with Gasteiger partial charge in [-0.3, -0.25) is 4.98 Å². The zero-order valence-corrected chi connectivity index (χ0v) is 30.6. The Morgan fingerprint density at radius 2 is 0.927 bits per heavy atom. The number of thiophene rings is 1. The molecule has 11 rings (SSSR count). The molecule has 0 atom stereocenters. The molecule has 55 heavy (non-hydrogen) atoms. The predicted molar refractivity (Wildman–Crippen MR) is 233 cm³/mol. The maximum Gasteiger partial charge on any atom is 0.0880 e. The molecule has 0 aliphatic heterocycles. The molecule has 0 spiro atoms. The summed E-state index contributed by atoms with van der Waals surface area (Å²) >= 11 is 1.79. The molecule has 0 unspecified atom stereocenters. The largest absolute Gasteiger partial charge is 0.309 e. The van der Waals surface area contributed by atoms with Crippen LogP contribution in [0.15, 0.2) is 200 Å². The van der Waals surface area contributed by atoms with Gasteiger partial charge in [0, 0.05) is 49.6 Å². The Bertz CT molecular complexity index is 3190. The van der Waals surface area contributed by atoms with E-state index in [1.807, 2.05) is 12.3 Å². The highest BCUT2D eigenvalue weighted by molar-refractivity contribution is 7.18. The Morgan fingerprint density at radius 1 is 0.345 bits per heavy atom. The van der Waals surface area contributed by atoms with Gasteiger partial charge in [0.05, 0.1) is 32.6 Å². The lowest BCUT2D eigenvalue weighted by Crippen LogP contribution is -1.95. The first-order valence-electron chi connectivity index (χ1n) is 18.6. The molecular formula is C51H33N3S. The van der Waals surface area contributed by atoms with Crippen molar-refractivity contribution in [3.05, 3.63) is 200 Å². The Labute approximate surface area is 322 Å². The van der Waals surface area contributed by atoms with E-state index in [-0.39, 0.29) is 0 Å². The fraction of sp³-hybridized carbons (Fsp3) is 0. The van der Waals surface area contributed by atoms with Crippen LogP contribution >= 0.6 is 11.3 Å². The molecule has 0 N–H and O–H groups in total. The lowest BCUT2D eigenvalue weighted by molar-refractivity contribution is 1.16. The van der Waals surface area contributed by atoms with Gasteiger partial charge in [-0.15, -0.1) is 11.3 Å². The summed E-state index contributed by atoms with van der Waals surface area (Å²) in [5.41, 5.74) is 14.0. The Balaban J connectivity index is 1.07. The van der Waals surface area contributed by atoms with E-state index in [0.29, 0.717) is 0 Å². The number of rotatable bonds is 6. The molecule has 11 aromatic rings. The standard InChI is InChI=1S/C51H33N3S/c1-4-14-34(15-5-1)40-23-13-29-52-51(40)50-28-27-49(55-50)37-17-12-16-35(30-37)36-25-26-46-42(31-36)44-32-43-41-22-10-11-24-45(41)53(38-18-6-2-7-19-38)47(43)33-48(44)54(46)39-20-8-3-9-21-39/h1-33H. The molecule has 0 saturated carbocycles. The van der Waals surface area contributed by atoms with E-state index in [4.69, 9.17) is 4.98 Å². The minimum absolute atomic E-state index is 1.02. The van der Waals surface area contributed by atoms with Crippen molar-refractivity contribution in [1.29, 1.82) is 0 Å². The molecule has 0 aliphatic carbocycles. The zero-order chi connectivity index (χ0) is 36.3. The first kappa shape index (κ1) is 31.5. The van der Waals surface area contributed by atoms with Gasteiger partial charge in [0.25, 0.3) is 0 Å². The summed E-state index contributed by atoms with van der Waals surface area (Å²) in [5, 5.41) is 4.99. The second kappa shape index (κ2) is 12.8. The lowest BCUT2D eigenvalue weighted by Gasteiger charge is -2.10. The number of fused-ring (bicyclic) bond motifs is 6. The van der Waals surface area contributed by atoms with Gasteiger partial charge in [-0.25, -0.2) is 0 Å². The minimum Gasteiger partial charge on any atom is -0.309 e. The van der Waals surface area contributed by atoms with E-state index in [9.17, 15) is 0 Å². The molecule has 0 aliphatic rings. The molecule has 7 aromatic carbocycles. The van der Waals surface area contributed by atoms with E-state index < -0.39 is 0 Å². The van der Waals surface area contributed by atoms with Crippen molar-refractivity contribution in [2.75, 3.05) is 0 Å². The van der Waals surface area contributed by atoms with Crippen LogP contribution in [0.1, 0.15) is 0 Å². The zero-order valence-electron chi connectivity index (χ0n) is 29.8. The van der Waals surface area contributed by atoms with Crippen molar-refractivity contribution in [3.63, 3.8) is 0 Å². The van der Waals surface area contributed by atoms with Crippen LogP contribution in [-0.2, 0) is 0 Å². The average Bonchev–Trinajstić information content (AvgIpc) is 3.97. The molecule has 4 heterocycles. The van der Waals surface area contributed by atoms with Crippen molar-refractivity contribution in [3.8, 4) is 54.6 Å². The van der Waals surface area contributed by atoms with Crippen LogP contribution in [-0.4, -0.2) is 14.1 Å². The molecule has 0 amide bonds. The quantitative estimate of drug-likeness (QED) is 0.168. The monoisotopic (exact) mass is 719 g/mol. The van der Waals surface area contributed by atoms with Gasteiger partial charge < -0.3 is 9.13 Å². The Morgan fingerprint density at radius 3 is 1.69 bits per heavy atom. The summed E-state index contributed by atoms with van der Waals surface area (Å²) in [5.74, 6) is 0. The molecule has 0 fully saturated rings. The van der Waals surface area contributed by atoms with Crippen LogP contribution in [0.25, 0.3) is 98.3 Å². The number of hydrogen-bond donors (Lipinski definition) is 0. The number of benzene rings is 7. The van der Waals surface area contributed by atoms with Crippen molar-refractivity contribution in [1.82, 2.24) is 14.1 Å². The number of aromatic nitrogens is 3. The van der Waals surface area contributed by atoms with Gasteiger partial charge in [-0.1, -0.05) is 115 Å². The van der Waals surface area contributed by atoms with Gasteiger partial charge in [0.15, 0.2) is 0 Å². The highest BCUT2D eigenvalue weighted by atomic mass is 32.1. The summed E-state index contributed by atoms with van der Waals surface area (Å²) < 4.78 is 4.83. The normalized spacial score (nSPS) is 11.6. The topological polar surface area (TPSA) is 22.8 Å².